The Morgan fingerprint density at radius 2 is 2.13 bits per heavy atom. The van der Waals surface area contributed by atoms with Crippen molar-refractivity contribution >= 4 is 21.4 Å². The zero-order chi connectivity index (χ0) is 11.1. The fourth-order valence-corrected chi connectivity index (χ4v) is 2.93. The van der Waals surface area contributed by atoms with Crippen LogP contribution in [0.15, 0.2) is 23.1 Å². The summed E-state index contributed by atoms with van der Waals surface area (Å²) >= 11 is 0. The smallest absolute Gasteiger partial charge is 0.240 e. The van der Waals surface area contributed by atoms with E-state index in [-0.39, 0.29) is 11.4 Å². The van der Waals surface area contributed by atoms with Gasteiger partial charge in [0.15, 0.2) is 9.84 Å². The van der Waals surface area contributed by atoms with Gasteiger partial charge in [0.1, 0.15) is 5.75 Å². The normalized spacial score (nSPS) is 18.1. The molecule has 0 radical (unpaired) electrons. The Hall–Kier alpha value is -1.40. The van der Waals surface area contributed by atoms with Crippen LogP contribution < -0.4 is 11.1 Å². The number of rotatable bonds is 1. The van der Waals surface area contributed by atoms with Crippen LogP contribution >= 0.6 is 0 Å². The highest BCUT2D eigenvalue weighted by molar-refractivity contribution is 7.92. The molecule has 0 fully saturated rings. The summed E-state index contributed by atoms with van der Waals surface area (Å²) in [6, 6.07) is 4.79. The number of sulfone groups is 1. The van der Waals surface area contributed by atoms with Crippen LogP contribution in [0.1, 0.15) is 5.56 Å². The molecule has 0 unspecified atom stereocenters. The number of benzene rings is 1. The molecule has 1 aromatic carbocycles. The Morgan fingerprint density at radius 3 is 2.80 bits per heavy atom. The summed E-state index contributed by atoms with van der Waals surface area (Å²) in [6.45, 7) is 0.193. The first-order chi connectivity index (χ1) is 7.04. The summed E-state index contributed by atoms with van der Waals surface area (Å²) in [5.74, 6) is -1.00. The topological polar surface area (TPSA) is 89.3 Å². The molecule has 0 spiro atoms. The molecule has 0 aliphatic carbocycles. The number of hydrogen-bond acceptors (Lipinski definition) is 4. The Labute approximate surface area is 87.2 Å². The number of hydrogen-bond donors (Lipinski definition) is 2. The molecule has 1 amide bonds. The quantitative estimate of drug-likeness (QED) is 0.698. The first-order valence-electron chi connectivity index (χ1n) is 4.39. The largest absolute Gasteiger partial charge is 0.326 e. The molecule has 6 heteroatoms. The zero-order valence-electron chi connectivity index (χ0n) is 7.86. The molecule has 0 bridgehead atoms. The lowest BCUT2D eigenvalue weighted by atomic mass is 10.1. The van der Waals surface area contributed by atoms with Gasteiger partial charge in [-0.25, -0.2) is 8.42 Å². The first-order valence-corrected chi connectivity index (χ1v) is 6.04. The van der Waals surface area contributed by atoms with Gasteiger partial charge >= 0.3 is 0 Å². The SMILES string of the molecule is NCc1cccc2c1NC(=O)CS2(=O)=O. The number of fused-ring (bicyclic) bond motifs is 1. The molecule has 3 N–H and O–H groups in total. The number of carbonyl (C=O) groups excluding carboxylic acids is 1. The highest BCUT2D eigenvalue weighted by Gasteiger charge is 2.29. The van der Waals surface area contributed by atoms with Crippen LogP contribution in [-0.2, 0) is 21.2 Å². The van der Waals surface area contributed by atoms with Crippen LogP contribution in [0.4, 0.5) is 5.69 Å². The number of carbonyl (C=O) groups is 1. The average molecular weight is 226 g/mol. The van der Waals surface area contributed by atoms with Crippen LogP contribution in [0, 0.1) is 0 Å². The molecule has 2 rings (SSSR count). The highest BCUT2D eigenvalue weighted by Crippen LogP contribution is 2.29. The number of nitrogens with two attached hydrogens (primary N) is 1. The average Bonchev–Trinajstić information content (AvgIpc) is 2.15. The molecule has 0 saturated heterocycles. The predicted octanol–water partition coefficient (Wildman–Crippen LogP) is -0.129. The fourth-order valence-electron chi connectivity index (χ4n) is 1.57. The maximum Gasteiger partial charge on any atom is 0.240 e. The van der Waals surface area contributed by atoms with E-state index in [1.54, 1.807) is 12.1 Å². The van der Waals surface area contributed by atoms with Gasteiger partial charge in [0.2, 0.25) is 5.91 Å². The van der Waals surface area contributed by atoms with Gasteiger partial charge in [-0.05, 0) is 11.6 Å². The second-order valence-electron chi connectivity index (χ2n) is 3.30. The van der Waals surface area contributed by atoms with Crippen molar-refractivity contribution in [3.63, 3.8) is 0 Å². The van der Waals surface area contributed by atoms with E-state index in [0.29, 0.717) is 11.3 Å². The van der Waals surface area contributed by atoms with Gasteiger partial charge in [-0.15, -0.1) is 0 Å². The number of anilines is 1. The van der Waals surface area contributed by atoms with Crippen LogP contribution in [0.25, 0.3) is 0 Å². The van der Waals surface area contributed by atoms with Crippen molar-refractivity contribution in [3.05, 3.63) is 23.8 Å². The fraction of sp³-hybridized carbons (Fsp3) is 0.222. The minimum atomic E-state index is -3.49. The molecular formula is C9H10N2O3S. The number of amides is 1. The Balaban J connectivity index is 2.71. The minimum absolute atomic E-state index is 0.157. The standard InChI is InChI=1S/C9H10N2O3S/c10-4-6-2-1-3-7-9(6)11-8(12)5-15(7,13)14/h1-3H,4-5,10H2,(H,11,12). The van der Waals surface area contributed by atoms with E-state index in [0.717, 1.165) is 0 Å². The molecule has 0 atom stereocenters. The third-order valence-corrected chi connectivity index (χ3v) is 3.91. The summed E-state index contributed by atoms with van der Waals surface area (Å²) in [5.41, 5.74) is 6.42. The third-order valence-electron chi connectivity index (χ3n) is 2.25. The van der Waals surface area contributed by atoms with Crippen molar-refractivity contribution in [1.29, 1.82) is 0 Å². The molecular weight excluding hydrogens is 216 g/mol. The van der Waals surface area contributed by atoms with E-state index < -0.39 is 21.5 Å². The monoisotopic (exact) mass is 226 g/mol. The van der Waals surface area contributed by atoms with Crippen molar-refractivity contribution in [3.8, 4) is 0 Å². The summed E-state index contributed by atoms with van der Waals surface area (Å²) in [5, 5.41) is 2.54. The van der Waals surface area contributed by atoms with Gasteiger partial charge in [-0.3, -0.25) is 4.79 Å². The second-order valence-corrected chi connectivity index (χ2v) is 5.26. The molecule has 5 nitrogen and oxygen atoms in total. The van der Waals surface area contributed by atoms with Crippen molar-refractivity contribution in [2.45, 2.75) is 11.4 Å². The van der Waals surface area contributed by atoms with E-state index >= 15 is 0 Å². The summed E-state index contributed by atoms with van der Waals surface area (Å²) < 4.78 is 23.3. The maximum atomic E-state index is 11.6. The lowest BCUT2D eigenvalue weighted by Gasteiger charge is -2.19. The van der Waals surface area contributed by atoms with E-state index in [4.69, 9.17) is 5.73 Å². The van der Waals surface area contributed by atoms with Crippen LogP contribution in [0.5, 0.6) is 0 Å². The maximum absolute atomic E-state index is 11.6. The minimum Gasteiger partial charge on any atom is -0.326 e. The lowest BCUT2D eigenvalue weighted by molar-refractivity contribution is -0.114. The Kier molecular flexibility index (Phi) is 2.24. The second kappa shape index (κ2) is 3.32. The Morgan fingerprint density at radius 1 is 1.40 bits per heavy atom. The van der Waals surface area contributed by atoms with Gasteiger partial charge in [-0.1, -0.05) is 12.1 Å². The van der Waals surface area contributed by atoms with Crippen LogP contribution in [0.3, 0.4) is 0 Å². The third kappa shape index (κ3) is 1.62. The van der Waals surface area contributed by atoms with E-state index in [1.165, 1.54) is 6.07 Å². The van der Waals surface area contributed by atoms with Crippen LogP contribution in [0.2, 0.25) is 0 Å². The van der Waals surface area contributed by atoms with Crippen molar-refractivity contribution < 1.29 is 13.2 Å². The number of nitrogens with one attached hydrogen (secondary N) is 1. The summed E-state index contributed by atoms with van der Waals surface area (Å²) in [6.07, 6.45) is 0. The lowest BCUT2D eigenvalue weighted by Crippen LogP contribution is -2.30. The molecule has 1 aliphatic rings. The van der Waals surface area contributed by atoms with Gasteiger partial charge in [-0.2, -0.15) is 0 Å². The molecule has 0 saturated carbocycles. The first kappa shape index (κ1) is 10.1. The van der Waals surface area contributed by atoms with E-state index in [2.05, 4.69) is 5.32 Å². The van der Waals surface area contributed by atoms with Gasteiger partial charge in [0.25, 0.3) is 0 Å². The zero-order valence-corrected chi connectivity index (χ0v) is 8.67. The van der Waals surface area contributed by atoms with Gasteiger partial charge < -0.3 is 11.1 Å². The van der Waals surface area contributed by atoms with Gasteiger partial charge in [0, 0.05) is 6.54 Å². The van der Waals surface area contributed by atoms with Crippen molar-refractivity contribution in [1.82, 2.24) is 0 Å². The van der Waals surface area contributed by atoms with Crippen LogP contribution in [-0.4, -0.2) is 20.1 Å². The van der Waals surface area contributed by atoms with E-state index in [9.17, 15) is 13.2 Å². The molecule has 1 heterocycles. The molecule has 1 aliphatic heterocycles. The molecule has 0 aromatic heterocycles. The van der Waals surface area contributed by atoms with Crippen molar-refractivity contribution in [2.24, 2.45) is 5.73 Å². The van der Waals surface area contributed by atoms with Crippen molar-refractivity contribution in [2.75, 3.05) is 11.1 Å². The summed E-state index contributed by atoms with van der Waals surface area (Å²) in [4.78, 5) is 11.3. The number of para-hydroxylation sites is 1. The molecule has 1 aromatic rings. The van der Waals surface area contributed by atoms with E-state index in [1.807, 2.05) is 0 Å². The molecule has 15 heavy (non-hydrogen) atoms. The highest BCUT2D eigenvalue weighted by atomic mass is 32.2. The molecule has 80 valence electrons. The summed E-state index contributed by atoms with van der Waals surface area (Å²) in [7, 11) is -3.49. The van der Waals surface area contributed by atoms with Gasteiger partial charge in [0.05, 0.1) is 10.6 Å². The Bertz CT molecular complexity index is 522. The predicted molar refractivity (Wildman–Crippen MR) is 55.0 cm³/mol.